The largest absolute Gasteiger partial charge is 0.467 e. The molecule has 2 rings (SSSR count). The van der Waals surface area contributed by atoms with Gasteiger partial charge in [-0.15, -0.1) is 0 Å². The van der Waals surface area contributed by atoms with Crippen LogP contribution in [0.5, 0.6) is 0 Å². The molecule has 3 nitrogen and oxygen atoms in total. The van der Waals surface area contributed by atoms with Crippen LogP contribution in [-0.2, 0) is 9.53 Å². The van der Waals surface area contributed by atoms with E-state index in [9.17, 15) is 4.79 Å². The van der Waals surface area contributed by atoms with Gasteiger partial charge < -0.3 is 10.1 Å². The number of benzene rings is 1. The summed E-state index contributed by atoms with van der Waals surface area (Å²) in [4.78, 5) is 12.4. The topological polar surface area (TPSA) is 38.3 Å². The number of esters is 1. The van der Waals surface area contributed by atoms with Crippen LogP contribution in [0.4, 0.5) is 5.69 Å². The van der Waals surface area contributed by atoms with Crippen molar-refractivity contribution < 1.29 is 9.53 Å². The van der Waals surface area contributed by atoms with E-state index in [4.69, 9.17) is 16.3 Å². The molecule has 1 aliphatic rings. The molecule has 1 N–H and O–H groups in total. The van der Waals surface area contributed by atoms with Gasteiger partial charge in [-0.1, -0.05) is 25.4 Å². The summed E-state index contributed by atoms with van der Waals surface area (Å²) in [5.41, 5.74) is 0.321. The molecule has 0 aromatic heterocycles. The quantitative estimate of drug-likeness (QED) is 0.754. The van der Waals surface area contributed by atoms with Gasteiger partial charge in [-0.2, -0.15) is 0 Å². The summed E-state index contributed by atoms with van der Waals surface area (Å²) in [6, 6.07) is 5.60. The fourth-order valence-corrected chi connectivity index (χ4v) is 3.74. The Morgan fingerprint density at radius 3 is 2.67 bits per heavy atom. The van der Waals surface area contributed by atoms with E-state index in [2.05, 4.69) is 35.1 Å². The molecular formula is C16H21BrClNO2. The van der Waals surface area contributed by atoms with E-state index in [-0.39, 0.29) is 11.4 Å². The van der Waals surface area contributed by atoms with Gasteiger partial charge in [0.05, 0.1) is 12.1 Å². The smallest absolute Gasteiger partial charge is 0.331 e. The van der Waals surface area contributed by atoms with Crippen molar-refractivity contribution in [2.24, 2.45) is 5.41 Å². The first-order chi connectivity index (χ1) is 9.78. The number of halogens is 2. The predicted molar refractivity (Wildman–Crippen MR) is 89.8 cm³/mol. The standard InChI is InChI=1S/C16H21BrClNO2/c1-15(2)7-4-8-16(10-15,14(20)21-3)19-11-5-6-13(18)12(17)9-11/h5-6,9,19H,4,7-8,10H2,1-3H3. The number of rotatable bonds is 3. The van der Waals surface area contributed by atoms with Gasteiger partial charge in [0.15, 0.2) is 0 Å². The minimum absolute atomic E-state index is 0.114. The first-order valence-corrected chi connectivity index (χ1v) is 8.27. The van der Waals surface area contributed by atoms with E-state index in [1.54, 1.807) is 0 Å². The number of ether oxygens (including phenoxy) is 1. The second kappa shape index (κ2) is 6.17. The number of nitrogens with one attached hydrogen (secondary N) is 1. The Morgan fingerprint density at radius 1 is 1.38 bits per heavy atom. The van der Waals surface area contributed by atoms with Crippen molar-refractivity contribution >= 4 is 39.2 Å². The SMILES string of the molecule is COC(=O)C1(Nc2ccc(Cl)c(Br)c2)CCCC(C)(C)C1. The lowest BCUT2D eigenvalue weighted by atomic mass is 9.68. The van der Waals surface area contributed by atoms with Gasteiger partial charge in [0.1, 0.15) is 5.54 Å². The van der Waals surface area contributed by atoms with E-state index in [0.717, 1.165) is 35.8 Å². The molecule has 1 unspecified atom stereocenters. The highest BCUT2D eigenvalue weighted by Crippen LogP contribution is 2.43. The average molecular weight is 375 g/mol. The maximum atomic E-state index is 12.4. The lowest BCUT2D eigenvalue weighted by Crippen LogP contribution is -2.52. The Morgan fingerprint density at radius 2 is 2.10 bits per heavy atom. The molecule has 1 aromatic carbocycles. The molecule has 1 atom stereocenters. The lowest BCUT2D eigenvalue weighted by molar-refractivity contribution is -0.148. The van der Waals surface area contributed by atoms with Crippen LogP contribution in [0.25, 0.3) is 0 Å². The summed E-state index contributed by atoms with van der Waals surface area (Å²) in [7, 11) is 1.45. The number of methoxy groups -OCH3 is 1. The van der Waals surface area contributed by atoms with Gasteiger partial charge >= 0.3 is 5.97 Å². The second-order valence-electron chi connectivity index (χ2n) is 6.52. The number of carbonyl (C=O) groups is 1. The molecule has 0 bridgehead atoms. The minimum Gasteiger partial charge on any atom is -0.467 e. The summed E-state index contributed by atoms with van der Waals surface area (Å²) in [6.45, 7) is 4.40. The molecule has 116 valence electrons. The van der Waals surface area contributed by atoms with Crippen LogP contribution in [0.2, 0.25) is 5.02 Å². The van der Waals surface area contributed by atoms with E-state index in [0.29, 0.717) is 5.02 Å². The lowest BCUT2D eigenvalue weighted by Gasteiger charge is -2.43. The van der Waals surface area contributed by atoms with Crippen LogP contribution >= 0.6 is 27.5 Å². The summed E-state index contributed by atoms with van der Waals surface area (Å²) in [5, 5.41) is 4.06. The maximum Gasteiger partial charge on any atom is 0.331 e. The molecule has 21 heavy (non-hydrogen) atoms. The molecule has 0 amide bonds. The summed E-state index contributed by atoms with van der Waals surface area (Å²) >= 11 is 9.44. The molecule has 0 aliphatic heterocycles. The Hall–Kier alpha value is -0.740. The highest BCUT2D eigenvalue weighted by molar-refractivity contribution is 9.10. The number of hydrogen-bond acceptors (Lipinski definition) is 3. The first kappa shape index (κ1) is 16.6. The van der Waals surface area contributed by atoms with E-state index in [1.807, 2.05) is 18.2 Å². The average Bonchev–Trinajstić information content (AvgIpc) is 2.41. The van der Waals surface area contributed by atoms with Crippen LogP contribution in [0, 0.1) is 5.41 Å². The van der Waals surface area contributed by atoms with Crippen LogP contribution in [0.3, 0.4) is 0 Å². The van der Waals surface area contributed by atoms with Crippen molar-refractivity contribution in [2.45, 2.75) is 45.1 Å². The molecule has 0 heterocycles. The molecule has 1 aliphatic carbocycles. The van der Waals surface area contributed by atoms with Crippen LogP contribution in [0.1, 0.15) is 39.5 Å². The normalized spacial score (nSPS) is 24.4. The number of anilines is 1. The summed E-state index contributed by atoms with van der Waals surface area (Å²) in [6.07, 6.45) is 3.66. The van der Waals surface area contributed by atoms with Crippen molar-refractivity contribution in [3.05, 3.63) is 27.7 Å². The molecular weight excluding hydrogens is 354 g/mol. The third-order valence-corrected chi connectivity index (χ3v) is 5.33. The van der Waals surface area contributed by atoms with Crippen LogP contribution in [-0.4, -0.2) is 18.6 Å². The van der Waals surface area contributed by atoms with Gasteiger partial charge in [-0.25, -0.2) is 4.79 Å². The fraction of sp³-hybridized carbons (Fsp3) is 0.562. The summed E-state index contributed by atoms with van der Waals surface area (Å²) in [5.74, 6) is -0.193. The third kappa shape index (κ3) is 3.72. The van der Waals surface area contributed by atoms with Gasteiger partial charge in [0.25, 0.3) is 0 Å². The Kier molecular flexibility index (Phi) is 4.89. The number of hydrogen-bond donors (Lipinski definition) is 1. The Labute approximate surface area is 139 Å². The minimum atomic E-state index is -0.663. The Bertz CT molecular complexity index is 547. The van der Waals surface area contributed by atoms with E-state index < -0.39 is 5.54 Å². The van der Waals surface area contributed by atoms with E-state index in [1.165, 1.54) is 7.11 Å². The first-order valence-electron chi connectivity index (χ1n) is 7.10. The zero-order chi connectivity index (χ0) is 15.7. The van der Waals surface area contributed by atoms with Crippen molar-refractivity contribution in [3.8, 4) is 0 Å². The van der Waals surface area contributed by atoms with Crippen molar-refractivity contribution in [1.29, 1.82) is 0 Å². The Balaban J connectivity index is 2.32. The molecule has 1 aromatic rings. The van der Waals surface area contributed by atoms with Crippen molar-refractivity contribution in [2.75, 3.05) is 12.4 Å². The molecule has 5 heteroatoms. The molecule has 1 saturated carbocycles. The van der Waals surface area contributed by atoms with Gasteiger partial charge in [0.2, 0.25) is 0 Å². The van der Waals surface area contributed by atoms with Gasteiger partial charge in [0, 0.05) is 10.2 Å². The zero-order valence-corrected chi connectivity index (χ0v) is 15.0. The highest BCUT2D eigenvalue weighted by atomic mass is 79.9. The van der Waals surface area contributed by atoms with Crippen LogP contribution in [0.15, 0.2) is 22.7 Å². The zero-order valence-electron chi connectivity index (χ0n) is 12.6. The van der Waals surface area contributed by atoms with Crippen molar-refractivity contribution in [3.63, 3.8) is 0 Å². The third-order valence-electron chi connectivity index (χ3n) is 4.12. The number of carbonyl (C=O) groups excluding carboxylic acids is 1. The molecule has 1 fully saturated rings. The predicted octanol–water partition coefficient (Wildman–Crippen LogP) is 5.03. The fourth-order valence-electron chi connectivity index (χ4n) is 3.24. The molecule has 0 spiro atoms. The summed E-state index contributed by atoms with van der Waals surface area (Å²) < 4.78 is 5.88. The highest BCUT2D eigenvalue weighted by Gasteiger charge is 2.46. The van der Waals surface area contributed by atoms with E-state index >= 15 is 0 Å². The monoisotopic (exact) mass is 373 g/mol. The maximum absolute atomic E-state index is 12.4. The van der Waals surface area contributed by atoms with Gasteiger partial charge in [-0.3, -0.25) is 0 Å². The van der Waals surface area contributed by atoms with Crippen molar-refractivity contribution in [1.82, 2.24) is 0 Å². The van der Waals surface area contributed by atoms with Gasteiger partial charge in [-0.05, 0) is 65.2 Å². The second-order valence-corrected chi connectivity index (χ2v) is 7.78. The molecule has 0 saturated heterocycles. The molecule has 0 radical (unpaired) electrons. The van der Waals surface area contributed by atoms with Crippen LogP contribution < -0.4 is 5.32 Å².